The van der Waals surface area contributed by atoms with Crippen LogP contribution in [-0.4, -0.2) is 17.4 Å². The Balaban J connectivity index is 0. The highest BCUT2D eigenvalue weighted by Crippen LogP contribution is 2.55. The molecule has 0 aromatic heterocycles. The predicted molar refractivity (Wildman–Crippen MR) is 49.8 cm³/mol. The molecule has 12 heavy (non-hydrogen) atoms. The molecule has 0 N–H and O–H groups in total. The fourth-order valence-corrected chi connectivity index (χ4v) is 1.10. The van der Waals surface area contributed by atoms with Gasteiger partial charge in [0.1, 0.15) is 0 Å². The van der Waals surface area contributed by atoms with Crippen molar-refractivity contribution in [1.82, 2.24) is 4.31 Å². The van der Waals surface area contributed by atoms with Crippen molar-refractivity contribution in [1.29, 1.82) is 0 Å². The molecule has 0 aliphatic carbocycles. The van der Waals surface area contributed by atoms with Gasteiger partial charge >= 0.3 is 0 Å². The number of halogens is 3. The highest BCUT2D eigenvalue weighted by Gasteiger charge is 2.27. The van der Waals surface area contributed by atoms with Crippen LogP contribution in [0.1, 0.15) is 34.1 Å². The molecule has 0 spiro atoms. The molecule has 0 saturated carbocycles. The van der Waals surface area contributed by atoms with Gasteiger partial charge in [0.2, 0.25) is 0 Å². The number of hydrogen-bond acceptors (Lipinski definition) is 1. The Morgan fingerprint density at radius 1 is 0.917 bits per heavy atom. The first-order valence-electron chi connectivity index (χ1n) is 4.11. The van der Waals surface area contributed by atoms with Crippen LogP contribution in [0.3, 0.4) is 0 Å². The largest absolute Gasteiger partial charge is 0.278 e. The fourth-order valence-electron chi connectivity index (χ4n) is 0.516. The second-order valence-electron chi connectivity index (χ2n) is 2.20. The van der Waals surface area contributed by atoms with Gasteiger partial charge in [0.25, 0.3) is 11.4 Å². The molecule has 5 heteroatoms. The topological polar surface area (TPSA) is 3.24 Å². The SMILES string of the molecule is CCC.CCN(CC)S(F)(F)F. The minimum Gasteiger partial charge on any atom is -0.193 e. The van der Waals surface area contributed by atoms with Crippen LogP contribution in [0.25, 0.3) is 0 Å². The maximum atomic E-state index is 11.7. The van der Waals surface area contributed by atoms with Crippen LogP contribution in [0.4, 0.5) is 11.7 Å². The first kappa shape index (κ1) is 14.6. The maximum Gasteiger partial charge on any atom is 0.278 e. The standard InChI is InChI=1S/C4H10F3NS.C3H8/c1-3-8(4-2)9(5,6)7;1-3-2/h3-4H2,1-2H3;3H2,1-2H3. The van der Waals surface area contributed by atoms with E-state index in [1.807, 2.05) is 0 Å². The molecular formula is C7H18F3NS. The van der Waals surface area contributed by atoms with E-state index >= 15 is 0 Å². The Bertz CT molecular complexity index is 91.1. The molecule has 78 valence electrons. The summed E-state index contributed by atoms with van der Waals surface area (Å²) < 4.78 is 35.7. The van der Waals surface area contributed by atoms with Gasteiger partial charge in [-0.1, -0.05) is 34.1 Å². The second-order valence-corrected chi connectivity index (χ2v) is 3.48. The van der Waals surface area contributed by atoms with Crippen LogP contribution in [0, 0.1) is 0 Å². The van der Waals surface area contributed by atoms with Gasteiger partial charge < -0.3 is 0 Å². The zero-order chi connectivity index (χ0) is 10.2. The van der Waals surface area contributed by atoms with Crippen molar-refractivity contribution < 1.29 is 11.7 Å². The van der Waals surface area contributed by atoms with Crippen LogP contribution in [0.2, 0.25) is 0 Å². The van der Waals surface area contributed by atoms with E-state index in [0.717, 1.165) is 0 Å². The molecule has 0 aliphatic rings. The molecule has 0 unspecified atom stereocenters. The average Bonchev–Trinajstić information content (AvgIpc) is 1.88. The summed E-state index contributed by atoms with van der Waals surface area (Å²) in [6.45, 7) is 7.39. The highest BCUT2D eigenvalue weighted by atomic mass is 32.3. The molecule has 0 saturated heterocycles. The Morgan fingerprint density at radius 3 is 1.17 bits per heavy atom. The second kappa shape index (κ2) is 7.73. The average molecular weight is 205 g/mol. The number of hydrogen-bond donors (Lipinski definition) is 0. The summed E-state index contributed by atoms with van der Waals surface area (Å²) in [5.41, 5.74) is 0. The van der Waals surface area contributed by atoms with Gasteiger partial charge in [-0.05, 0) is 0 Å². The van der Waals surface area contributed by atoms with Gasteiger partial charge in [0.15, 0.2) is 0 Å². The summed E-state index contributed by atoms with van der Waals surface area (Å²) in [7, 11) is 0. The molecule has 0 fully saturated rings. The van der Waals surface area contributed by atoms with Crippen molar-refractivity contribution in [2.75, 3.05) is 13.1 Å². The zero-order valence-electron chi connectivity index (χ0n) is 8.11. The Kier molecular flexibility index (Phi) is 9.42. The molecule has 0 aromatic carbocycles. The normalized spacial score (nSPS) is 12.3. The molecule has 0 radical (unpaired) electrons. The van der Waals surface area contributed by atoms with E-state index in [2.05, 4.69) is 13.8 Å². The van der Waals surface area contributed by atoms with E-state index < -0.39 is 11.4 Å². The summed E-state index contributed by atoms with van der Waals surface area (Å²) in [5.74, 6) is 0. The summed E-state index contributed by atoms with van der Waals surface area (Å²) in [6, 6.07) is 0. The Morgan fingerprint density at radius 2 is 1.17 bits per heavy atom. The maximum absolute atomic E-state index is 11.7. The van der Waals surface area contributed by atoms with Gasteiger partial charge in [-0.2, -0.15) is 4.31 Å². The number of rotatable bonds is 3. The summed E-state index contributed by atoms with van der Waals surface area (Å²) in [6.07, 6.45) is 1.25. The van der Waals surface area contributed by atoms with Crippen molar-refractivity contribution in [2.24, 2.45) is 0 Å². The van der Waals surface area contributed by atoms with E-state index in [9.17, 15) is 11.7 Å². The molecule has 0 heterocycles. The van der Waals surface area contributed by atoms with E-state index in [0.29, 0.717) is 4.31 Å². The van der Waals surface area contributed by atoms with Crippen molar-refractivity contribution in [3.63, 3.8) is 0 Å². The smallest absolute Gasteiger partial charge is 0.193 e. The third kappa shape index (κ3) is 8.20. The molecule has 1 nitrogen and oxygen atoms in total. The predicted octanol–water partition coefficient (Wildman–Crippen LogP) is 4.12. The first-order valence-corrected chi connectivity index (χ1v) is 5.40. The quantitative estimate of drug-likeness (QED) is 0.670. The van der Waals surface area contributed by atoms with Crippen molar-refractivity contribution >= 4 is 11.4 Å². The molecule has 0 atom stereocenters. The Hall–Kier alpha value is 0.100. The molecule has 0 aromatic rings. The minimum atomic E-state index is -4.93. The van der Waals surface area contributed by atoms with Crippen LogP contribution in [0.15, 0.2) is 0 Å². The van der Waals surface area contributed by atoms with E-state index in [-0.39, 0.29) is 13.1 Å². The van der Waals surface area contributed by atoms with Crippen molar-refractivity contribution in [3.8, 4) is 0 Å². The van der Waals surface area contributed by atoms with Crippen LogP contribution in [0.5, 0.6) is 0 Å². The van der Waals surface area contributed by atoms with Gasteiger partial charge in [-0.15, -0.1) is 11.7 Å². The lowest BCUT2D eigenvalue weighted by Crippen LogP contribution is -2.19. The fraction of sp³-hybridized carbons (Fsp3) is 1.00. The molecular weight excluding hydrogens is 187 g/mol. The van der Waals surface area contributed by atoms with Gasteiger partial charge in [-0.3, -0.25) is 0 Å². The van der Waals surface area contributed by atoms with E-state index in [4.69, 9.17) is 0 Å². The minimum absolute atomic E-state index is 0.0648. The Labute approximate surface area is 75.3 Å². The van der Waals surface area contributed by atoms with Crippen LogP contribution in [-0.2, 0) is 0 Å². The number of nitrogens with zero attached hydrogens (tertiary/aromatic N) is 1. The lowest BCUT2D eigenvalue weighted by atomic mass is 10.6. The molecule has 0 rings (SSSR count). The van der Waals surface area contributed by atoms with Crippen molar-refractivity contribution in [3.05, 3.63) is 0 Å². The lowest BCUT2D eigenvalue weighted by Gasteiger charge is -2.23. The van der Waals surface area contributed by atoms with E-state index in [1.165, 1.54) is 20.3 Å². The zero-order valence-corrected chi connectivity index (χ0v) is 8.93. The van der Waals surface area contributed by atoms with Crippen LogP contribution < -0.4 is 0 Å². The van der Waals surface area contributed by atoms with Gasteiger partial charge in [0, 0.05) is 13.1 Å². The molecule has 0 aliphatic heterocycles. The molecule has 0 amide bonds. The monoisotopic (exact) mass is 205 g/mol. The highest BCUT2D eigenvalue weighted by molar-refractivity contribution is 8.18. The first-order chi connectivity index (χ1) is 5.43. The lowest BCUT2D eigenvalue weighted by molar-refractivity contribution is 0.416. The van der Waals surface area contributed by atoms with Gasteiger partial charge in [0.05, 0.1) is 0 Å². The summed E-state index contributed by atoms with van der Waals surface area (Å²) >= 11 is -4.93. The third-order valence-corrected chi connectivity index (χ3v) is 2.10. The van der Waals surface area contributed by atoms with E-state index in [1.54, 1.807) is 0 Å². The van der Waals surface area contributed by atoms with Crippen molar-refractivity contribution in [2.45, 2.75) is 34.1 Å². The summed E-state index contributed by atoms with van der Waals surface area (Å²) in [4.78, 5) is 0. The summed E-state index contributed by atoms with van der Waals surface area (Å²) in [5, 5.41) is 0. The third-order valence-electron chi connectivity index (χ3n) is 0.998. The molecule has 0 bridgehead atoms. The van der Waals surface area contributed by atoms with Crippen LogP contribution >= 0.6 is 11.4 Å². The van der Waals surface area contributed by atoms with Gasteiger partial charge in [-0.25, -0.2) is 0 Å².